The molecule has 0 amide bonds. The summed E-state index contributed by atoms with van der Waals surface area (Å²) in [6.45, 7) is 0. The summed E-state index contributed by atoms with van der Waals surface area (Å²) in [7, 11) is 0. The van der Waals surface area contributed by atoms with E-state index in [1.165, 1.54) is 99.5 Å². The average molecular weight is 737 g/mol. The molecule has 2 aliphatic rings. The van der Waals surface area contributed by atoms with Crippen molar-refractivity contribution in [1.29, 1.82) is 0 Å². The molecule has 0 saturated carbocycles. The van der Waals surface area contributed by atoms with Crippen molar-refractivity contribution in [2.24, 2.45) is 5.92 Å². The van der Waals surface area contributed by atoms with Gasteiger partial charge in [-0.1, -0.05) is 224 Å². The number of hydrogen-bond donors (Lipinski definition) is 0. The molecule has 0 heteroatoms. The molecule has 0 fully saturated rings. The van der Waals surface area contributed by atoms with Gasteiger partial charge in [0.05, 0.1) is 0 Å². The maximum absolute atomic E-state index is 2.41. The van der Waals surface area contributed by atoms with Crippen molar-refractivity contribution in [2.45, 2.75) is 5.92 Å². The zero-order valence-corrected chi connectivity index (χ0v) is 32.1. The zero-order chi connectivity index (χ0) is 38.4. The van der Waals surface area contributed by atoms with E-state index in [9.17, 15) is 0 Å². The predicted octanol–water partition coefficient (Wildman–Crippen LogP) is 15.4. The van der Waals surface area contributed by atoms with Crippen LogP contribution in [-0.2, 0) is 0 Å². The van der Waals surface area contributed by atoms with Gasteiger partial charge in [-0.15, -0.1) is 0 Å². The van der Waals surface area contributed by atoms with Gasteiger partial charge < -0.3 is 0 Å². The molecule has 0 N–H and O–H groups in total. The molecule has 0 radical (unpaired) electrons. The average Bonchev–Trinajstić information content (AvgIpc) is 3.30. The van der Waals surface area contributed by atoms with Crippen LogP contribution < -0.4 is 0 Å². The Bertz CT molecular complexity index is 3070. The van der Waals surface area contributed by atoms with Gasteiger partial charge in [0, 0.05) is 11.8 Å². The van der Waals surface area contributed by atoms with Crippen molar-refractivity contribution >= 4 is 27.1 Å². The summed E-state index contributed by atoms with van der Waals surface area (Å²) in [6, 6.07) is 76.0. The highest BCUT2D eigenvalue weighted by atomic mass is 14.4. The van der Waals surface area contributed by atoms with E-state index in [0.717, 1.165) is 0 Å². The molecule has 2 atom stereocenters. The minimum atomic E-state index is 0.209. The van der Waals surface area contributed by atoms with E-state index in [4.69, 9.17) is 0 Å². The normalized spacial score (nSPS) is 15.7. The zero-order valence-electron chi connectivity index (χ0n) is 32.1. The van der Waals surface area contributed by atoms with Gasteiger partial charge in [0.1, 0.15) is 0 Å². The molecule has 58 heavy (non-hydrogen) atoms. The lowest BCUT2D eigenvalue weighted by Gasteiger charge is -2.37. The van der Waals surface area contributed by atoms with Crippen LogP contribution in [0.1, 0.15) is 28.2 Å². The first-order valence-electron chi connectivity index (χ1n) is 20.3. The van der Waals surface area contributed by atoms with Crippen LogP contribution >= 0.6 is 0 Å². The topological polar surface area (TPSA) is 0 Å². The first kappa shape index (κ1) is 34.0. The monoisotopic (exact) mass is 736 g/mol. The largest absolute Gasteiger partial charge is 0.0760 e. The summed E-state index contributed by atoms with van der Waals surface area (Å²) >= 11 is 0. The first-order chi connectivity index (χ1) is 28.8. The lowest BCUT2D eigenvalue weighted by atomic mass is 9.66. The summed E-state index contributed by atoms with van der Waals surface area (Å²) in [4.78, 5) is 0. The molecule has 0 aromatic heterocycles. The second-order valence-corrected chi connectivity index (χ2v) is 15.5. The third-order valence-corrected chi connectivity index (χ3v) is 12.3. The van der Waals surface area contributed by atoms with E-state index >= 15 is 0 Å². The van der Waals surface area contributed by atoms with Crippen LogP contribution in [0.5, 0.6) is 0 Å². The van der Waals surface area contributed by atoms with E-state index in [0.29, 0.717) is 0 Å². The van der Waals surface area contributed by atoms with Gasteiger partial charge in [-0.25, -0.2) is 0 Å². The molecule has 9 aromatic carbocycles. The minimum absolute atomic E-state index is 0.209. The van der Waals surface area contributed by atoms with Crippen LogP contribution in [0, 0.1) is 5.92 Å². The Morgan fingerprint density at radius 1 is 0.328 bits per heavy atom. The number of fused-ring (bicyclic) bond motifs is 4. The Balaban J connectivity index is 1.07. The fraction of sp³-hybridized carbons (Fsp3) is 0.0345. The second kappa shape index (κ2) is 14.3. The highest BCUT2D eigenvalue weighted by molar-refractivity contribution is 6.22. The summed E-state index contributed by atoms with van der Waals surface area (Å²) in [6.07, 6.45) is 9.21. The fourth-order valence-electron chi connectivity index (χ4n) is 9.71. The van der Waals surface area contributed by atoms with Gasteiger partial charge in [0.2, 0.25) is 0 Å². The van der Waals surface area contributed by atoms with Crippen LogP contribution in [-0.4, -0.2) is 0 Å². The molecular formula is C58H40. The molecule has 0 spiro atoms. The van der Waals surface area contributed by atoms with Gasteiger partial charge in [0.15, 0.2) is 0 Å². The van der Waals surface area contributed by atoms with Crippen molar-refractivity contribution in [3.05, 3.63) is 258 Å². The third-order valence-electron chi connectivity index (χ3n) is 12.3. The fourth-order valence-corrected chi connectivity index (χ4v) is 9.71. The lowest BCUT2D eigenvalue weighted by Crippen LogP contribution is -2.22. The smallest absolute Gasteiger partial charge is 0.0199 e. The number of benzene rings is 9. The van der Waals surface area contributed by atoms with Gasteiger partial charge in [-0.3, -0.25) is 0 Å². The Labute approximate surface area is 340 Å². The van der Waals surface area contributed by atoms with Crippen molar-refractivity contribution in [3.63, 3.8) is 0 Å². The predicted molar refractivity (Wildman–Crippen MR) is 246 cm³/mol. The van der Waals surface area contributed by atoms with Gasteiger partial charge in [-0.05, 0) is 106 Å². The molecule has 272 valence electrons. The maximum atomic E-state index is 2.41. The van der Waals surface area contributed by atoms with E-state index < -0.39 is 0 Å². The van der Waals surface area contributed by atoms with Crippen LogP contribution in [0.25, 0.3) is 71.6 Å². The molecule has 0 nitrogen and oxygen atoms in total. The molecule has 2 unspecified atom stereocenters. The summed E-state index contributed by atoms with van der Waals surface area (Å²) in [5, 5.41) is 5.05. The standard InChI is InChI=1S/C58H40/c1-4-17-39(18-5-1)44-23-16-24-46(37-44)58-51-29-14-11-26-48(51)55(49-27-12-15-30-52(49)58)42-31-33-43(34-32-42)56-47-25-10-13-28-50(47)57(41-21-8-3-9-22-41)54-38-45(35-36-53(54)56)40-19-6-2-7-20-40/h1-38,51,58H. The molecule has 2 aliphatic carbocycles. The summed E-state index contributed by atoms with van der Waals surface area (Å²) in [5.74, 6) is 0.429. The van der Waals surface area contributed by atoms with E-state index in [2.05, 4.69) is 231 Å². The highest BCUT2D eigenvalue weighted by Crippen LogP contribution is 2.51. The van der Waals surface area contributed by atoms with Crippen LogP contribution in [0.2, 0.25) is 0 Å². The Morgan fingerprint density at radius 2 is 0.845 bits per heavy atom. The Hall–Kier alpha value is -7.28. The maximum Gasteiger partial charge on any atom is 0.0199 e. The quantitative estimate of drug-likeness (QED) is 0.149. The van der Waals surface area contributed by atoms with Gasteiger partial charge in [-0.2, -0.15) is 0 Å². The number of allylic oxidation sites excluding steroid dienone is 5. The van der Waals surface area contributed by atoms with Crippen molar-refractivity contribution in [1.82, 2.24) is 0 Å². The molecule has 0 bridgehead atoms. The van der Waals surface area contributed by atoms with Crippen LogP contribution in [0.4, 0.5) is 0 Å². The minimum Gasteiger partial charge on any atom is -0.0760 e. The van der Waals surface area contributed by atoms with Crippen molar-refractivity contribution in [3.8, 4) is 44.5 Å². The highest BCUT2D eigenvalue weighted by Gasteiger charge is 2.35. The first-order valence-corrected chi connectivity index (χ1v) is 20.3. The Kier molecular flexibility index (Phi) is 8.41. The van der Waals surface area contributed by atoms with Crippen molar-refractivity contribution < 1.29 is 0 Å². The van der Waals surface area contributed by atoms with Crippen LogP contribution in [0.15, 0.2) is 236 Å². The molecule has 0 heterocycles. The summed E-state index contributed by atoms with van der Waals surface area (Å²) < 4.78 is 0. The molecule has 0 saturated heterocycles. The van der Waals surface area contributed by atoms with E-state index in [1.54, 1.807) is 0 Å². The lowest BCUT2D eigenvalue weighted by molar-refractivity contribution is 0.649. The van der Waals surface area contributed by atoms with E-state index in [1.807, 2.05) is 0 Å². The van der Waals surface area contributed by atoms with Crippen molar-refractivity contribution in [2.75, 3.05) is 0 Å². The van der Waals surface area contributed by atoms with E-state index in [-0.39, 0.29) is 11.8 Å². The summed E-state index contributed by atoms with van der Waals surface area (Å²) in [5.41, 5.74) is 17.9. The molecule has 11 rings (SSSR count). The third kappa shape index (κ3) is 5.77. The SMILES string of the molecule is C1=CC2=C(c3ccc(-c4c5ccccc5c(-c5ccccc5)c5cc(-c6ccccc6)ccc45)cc3)c3ccccc3C(c3cccc(-c4ccccc4)c3)C2C=C1. The Morgan fingerprint density at radius 3 is 1.55 bits per heavy atom. The second-order valence-electron chi connectivity index (χ2n) is 15.5. The number of rotatable bonds is 6. The van der Waals surface area contributed by atoms with Gasteiger partial charge >= 0.3 is 0 Å². The van der Waals surface area contributed by atoms with Crippen LogP contribution in [0.3, 0.4) is 0 Å². The number of hydrogen-bond acceptors (Lipinski definition) is 0. The molecular weight excluding hydrogens is 697 g/mol. The van der Waals surface area contributed by atoms with Gasteiger partial charge in [0.25, 0.3) is 0 Å². The molecule has 0 aliphatic heterocycles. The molecule has 9 aromatic rings.